The molecule has 1 aromatic rings. The molecule has 1 N–H and O–H groups in total. The predicted octanol–water partition coefficient (Wildman–Crippen LogP) is 1.06. The molecule has 1 fully saturated rings. The summed E-state index contributed by atoms with van der Waals surface area (Å²) < 4.78 is 5.39. The summed E-state index contributed by atoms with van der Waals surface area (Å²) in [4.78, 5) is 14.1. The maximum atomic E-state index is 12.3. The third-order valence-corrected chi connectivity index (χ3v) is 3.21. The van der Waals surface area contributed by atoms with Gasteiger partial charge in [-0.15, -0.1) is 0 Å². The molecule has 0 bridgehead atoms. The van der Waals surface area contributed by atoms with Gasteiger partial charge in [0, 0.05) is 31.7 Å². The zero-order valence-corrected chi connectivity index (χ0v) is 11.0. The summed E-state index contributed by atoms with van der Waals surface area (Å²) in [6, 6.07) is 7.91. The normalized spacial score (nSPS) is 19.6. The molecule has 1 aliphatic heterocycles. The van der Waals surface area contributed by atoms with Crippen molar-refractivity contribution in [2.75, 3.05) is 33.4 Å². The Hall–Kier alpha value is -1.39. The molecule has 0 radical (unpaired) electrons. The maximum Gasteiger partial charge on any atom is 0.253 e. The SMILES string of the molecule is Cc1ccccc1C(=O)N(C)CC1COCCN1. The molecule has 1 aliphatic rings. The number of rotatable bonds is 3. The standard InChI is InChI=1S/C14H20N2O2/c1-11-5-3-4-6-13(11)14(17)16(2)9-12-10-18-8-7-15-12/h3-6,12,15H,7-10H2,1-2H3. The Bertz CT molecular complexity index is 414. The fraction of sp³-hybridized carbons (Fsp3) is 0.500. The van der Waals surface area contributed by atoms with Crippen LogP contribution in [0.1, 0.15) is 15.9 Å². The molecule has 0 aliphatic carbocycles. The van der Waals surface area contributed by atoms with Gasteiger partial charge in [-0.25, -0.2) is 0 Å². The Morgan fingerprint density at radius 2 is 2.28 bits per heavy atom. The van der Waals surface area contributed by atoms with E-state index >= 15 is 0 Å². The topological polar surface area (TPSA) is 41.6 Å². The lowest BCUT2D eigenvalue weighted by atomic mass is 10.1. The zero-order valence-electron chi connectivity index (χ0n) is 11.0. The van der Waals surface area contributed by atoms with E-state index in [1.54, 1.807) is 4.90 Å². The number of ether oxygens (including phenoxy) is 1. The summed E-state index contributed by atoms with van der Waals surface area (Å²) in [5.74, 6) is 0.0699. The van der Waals surface area contributed by atoms with Gasteiger partial charge in [0.1, 0.15) is 0 Å². The Balaban J connectivity index is 1.98. The van der Waals surface area contributed by atoms with E-state index in [0.29, 0.717) is 13.2 Å². The molecule has 2 rings (SSSR count). The number of hydrogen-bond donors (Lipinski definition) is 1. The van der Waals surface area contributed by atoms with Gasteiger partial charge in [0.2, 0.25) is 0 Å². The summed E-state index contributed by atoms with van der Waals surface area (Å²) in [6.07, 6.45) is 0. The van der Waals surface area contributed by atoms with Crippen molar-refractivity contribution >= 4 is 5.91 Å². The van der Waals surface area contributed by atoms with Crippen LogP contribution in [-0.2, 0) is 4.74 Å². The van der Waals surface area contributed by atoms with E-state index in [-0.39, 0.29) is 11.9 Å². The van der Waals surface area contributed by atoms with Crippen LogP contribution >= 0.6 is 0 Å². The molecule has 1 saturated heterocycles. The van der Waals surface area contributed by atoms with E-state index in [4.69, 9.17) is 4.74 Å². The van der Waals surface area contributed by atoms with Crippen molar-refractivity contribution in [1.29, 1.82) is 0 Å². The predicted molar refractivity (Wildman–Crippen MR) is 70.7 cm³/mol. The van der Waals surface area contributed by atoms with E-state index in [9.17, 15) is 4.79 Å². The van der Waals surface area contributed by atoms with E-state index < -0.39 is 0 Å². The fourth-order valence-electron chi connectivity index (χ4n) is 2.17. The van der Waals surface area contributed by atoms with Crippen LogP contribution in [-0.4, -0.2) is 50.2 Å². The Morgan fingerprint density at radius 1 is 1.50 bits per heavy atom. The highest BCUT2D eigenvalue weighted by molar-refractivity contribution is 5.95. The molecule has 1 atom stereocenters. The molecule has 1 unspecified atom stereocenters. The van der Waals surface area contributed by atoms with Gasteiger partial charge in [0.05, 0.1) is 13.2 Å². The number of carbonyl (C=O) groups excluding carboxylic acids is 1. The third kappa shape index (κ3) is 3.09. The highest BCUT2D eigenvalue weighted by atomic mass is 16.5. The van der Waals surface area contributed by atoms with Crippen LogP contribution in [0.4, 0.5) is 0 Å². The second-order valence-electron chi connectivity index (χ2n) is 4.73. The molecule has 1 amide bonds. The molecule has 0 spiro atoms. The Kier molecular flexibility index (Phi) is 4.33. The first-order valence-corrected chi connectivity index (χ1v) is 6.30. The number of nitrogens with zero attached hydrogens (tertiary/aromatic N) is 1. The number of morpholine rings is 1. The van der Waals surface area contributed by atoms with Crippen LogP contribution < -0.4 is 5.32 Å². The van der Waals surface area contributed by atoms with Crippen molar-refractivity contribution in [3.05, 3.63) is 35.4 Å². The number of nitrogens with one attached hydrogen (secondary N) is 1. The molecule has 0 saturated carbocycles. The quantitative estimate of drug-likeness (QED) is 0.869. The minimum Gasteiger partial charge on any atom is -0.378 e. The van der Waals surface area contributed by atoms with Gasteiger partial charge in [-0.1, -0.05) is 18.2 Å². The second-order valence-corrected chi connectivity index (χ2v) is 4.73. The molecule has 4 heteroatoms. The molecule has 1 aromatic carbocycles. The van der Waals surface area contributed by atoms with Crippen molar-refractivity contribution in [1.82, 2.24) is 10.2 Å². The van der Waals surface area contributed by atoms with Crippen LogP contribution in [0.25, 0.3) is 0 Å². The van der Waals surface area contributed by atoms with Crippen molar-refractivity contribution < 1.29 is 9.53 Å². The lowest BCUT2D eigenvalue weighted by Crippen LogP contribution is -2.48. The molecule has 0 aromatic heterocycles. The molecule has 1 heterocycles. The maximum absolute atomic E-state index is 12.3. The second kappa shape index (κ2) is 5.98. The summed E-state index contributed by atoms with van der Waals surface area (Å²) in [7, 11) is 1.84. The average Bonchev–Trinajstić information content (AvgIpc) is 2.39. The van der Waals surface area contributed by atoms with E-state index in [1.165, 1.54) is 0 Å². The van der Waals surface area contributed by atoms with Crippen molar-refractivity contribution in [2.24, 2.45) is 0 Å². The van der Waals surface area contributed by atoms with Crippen molar-refractivity contribution in [2.45, 2.75) is 13.0 Å². The number of amides is 1. The summed E-state index contributed by atoms with van der Waals surface area (Å²) in [6.45, 7) is 4.92. The molecule has 4 nitrogen and oxygen atoms in total. The summed E-state index contributed by atoms with van der Waals surface area (Å²) >= 11 is 0. The molecular weight excluding hydrogens is 228 g/mol. The first kappa shape index (κ1) is 13.1. The monoisotopic (exact) mass is 248 g/mol. The number of likely N-dealkylation sites (N-methyl/N-ethyl adjacent to an activating group) is 1. The smallest absolute Gasteiger partial charge is 0.253 e. The lowest BCUT2D eigenvalue weighted by molar-refractivity contribution is 0.0565. The van der Waals surface area contributed by atoms with Crippen LogP contribution in [0.3, 0.4) is 0 Å². The largest absolute Gasteiger partial charge is 0.378 e. The van der Waals surface area contributed by atoms with E-state index in [1.807, 2.05) is 38.2 Å². The number of benzene rings is 1. The summed E-state index contributed by atoms with van der Waals surface area (Å²) in [5.41, 5.74) is 1.79. The Morgan fingerprint density at radius 3 is 2.94 bits per heavy atom. The third-order valence-electron chi connectivity index (χ3n) is 3.21. The molecule has 18 heavy (non-hydrogen) atoms. The van der Waals surface area contributed by atoms with Gasteiger partial charge < -0.3 is 15.0 Å². The van der Waals surface area contributed by atoms with Gasteiger partial charge in [-0.2, -0.15) is 0 Å². The van der Waals surface area contributed by atoms with Gasteiger partial charge in [0.25, 0.3) is 5.91 Å². The van der Waals surface area contributed by atoms with Gasteiger partial charge >= 0.3 is 0 Å². The minimum atomic E-state index is 0.0699. The molecular formula is C14H20N2O2. The molecule has 98 valence electrons. The number of carbonyl (C=O) groups is 1. The fourth-order valence-corrected chi connectivity index (χ4v) is 2.17. The lowest BCUT2D eigenvalue weighted by Gasteiger charge is -2.28. The van der Waals surface area contributed by atoms with Crippen molar-refractivity contribution in [3.63, 3.8) is 0 Å². The average molecular weight is 248 g/mol. The number of hydrogen-bond acceptors (Lipinski definition) is 3. The van der Waals surface area contributed by atoms with Crippen LogP contribution in [0.2, 0.25) is 0 Å². The highest BCUT2D eigenvalue weighted by Crippen LogP contribution is 2.10. The van der Waals surface area contributed by atoms with E-state index in [0.717, 1.165) is 24.3 Å². The Labute approximate surface area is 108 Å². The van der Waals surface area contributed by atoms with Crippen LogP contribution in [0.5, 0.6) is 0 Å². The zero-order chi connectivity index (χ0) is 13.0. The number of aryl methyl sites for hydroxylation is 1. The van der Waals surface area contributed by atoms with E-state index in [2.05, 4.69) is 5.32 Å². The van der Waals surface area contributed by atoms with Crippen LogP contribution in [0.15, 0.2) is 24.3 Å². The van der Waals surface area contributed by atoms with Crippen molar-refractivity contribution in [3.8, 4) is 0 Å². The van der Waals surface area contributed by atoms with Gasteiger partial charge in [-0.05, 0) is 18.6 Å². The first-order valence-electron chi connectivity index (χ1n) is 6.30. The van der Waals surface area contributed by atoms with Gasteiger partial charge in [-0.3, -0.25) is 4.79 Å². The minimum absolute atomic E-state index is 0.0699. The highest BCUT2D eigenvalue weighted by Gasteiger charge is 2.19. The first-order chi connectivity index (χ1) is 8.68. The summed E-state index contributed by atoms with van der Waals surface area (Å²) in [5, 5.41) is 3.35. The van der Waals surface area contributed by atoms with Crippen LogP contribution in [0, 0.1) is 6.92 Å². The van der Waals surface area contributed by atoms with Gasteiger partial charge in [0.15, 0.2) is 0 Å².